The minimum absolute atomic E-state index is 0.0157. The molecule has 0 spiro atoms. The van der Waals surface area contributed by atoms with Crippen LogP contribution >= 0.6 is 0 Å². The quantitative estimate of drug-likeness (QED) is 0.469. The molecule has 1 fully saturated rings. The molecule has 0 saturated carbocycles. The van der Waals surface area contributed by atoms with Crippen LogP contribution in [0.25, 0.3) is 11.0 Å². The summed E-state index contributed by atoms with van der Waals surface area (Å²) in [7, 11) is 1.87. The number of aliphatic hydroxyl groups is 2. The van der Waals surface area contributed by atoms with Crippen molar-refractivity contribution in [3.8, 4) is 0 Å². The Morgan fingerprint density at radius 1 is 1.29 bits per heavy atom. The van der Waals surface area contributed by atoms with Gasteiger partial charge in [0.1, 0.15) is 19.0 Å². The summed E-state index contributed by atoms with van der Waals surface area (Å²) in [5.41, 5.74) is -0.631. The SMILES string of the molecule is Cc1cn([C@H]2CN(C(=O)COCc3nc4ccccc4n3C)C[C@H](O)C[C@]2(C)O)c(=O)[nH]c1=O. The van der Waals surface area contributed by atoms with Crippen LogP contribution in [0.4, 0.5) is 0 Å². The van der Waals surface area contributed by atoms with Crippen LogP contribution in [0.5, 0.6) is 0 Å². The Bertz CT molecular complexity index is 1320. The highest BCUT2D eigenvalue weighted by atomic mass is 16.5. The number of hydrogen-bond acceptors (Lipinski definition) is 7. The lowest BCUT2D eigenvalue weighted by Crippen LogP contribution is -2.48. The molecule has 1 amide bonds. The number of aliphatic hydroxyl groups excluding tert-OH is 1. The molecular weight excluding hydrogens is 442 g/mol. The number of amides is 1. The molecule has 0 bridgehead atoms. The Balaban J connectivity index is 1.50. The first-order valence-corrected chi connectivity index (χ1v) is 11.0. The molecule has 4 rings (SSSR count). The van der Waals surface area contributed by atoms with Crippen molar-refractivity contribution in [2.75, 3.05) is 19.7 Å². The van der Waals surface area contributed by atoms with Gasteiger partial charge < -0.3 is 24.4 Å². The summed E-state index contributed by atoms with van der Waals surface area (Å²) in [6.07, 6.45) is 0.318. The van der Waals surface area contributed by atoms with Gasteiger partial charge in [-0.05, 0) is 26.0 Å². The minimum atomic E-state index is -1.50. The monoisotopic (exact) mass is 471 g/mol. The van der Waals surface area contributed by atoms with Crippen molar-refractivity contribution in [2.45, 2.75) is 44.6 Å². The van der Waals surface area contributed by atoms with E-state index >= 15 is 0 Å². The van der Waals surface area contributed by atoms with Gasteiger partial charge in [0.2, 0.25) is 5.91 Å². The summed E-state index contributed by atoms with van der Waals surface area (Å²) >= 11 is 0. The van der Waals surface area contributed by atoms with Crippen LogP contribution in [-0.4, -0.2) is 71.5 Å². The molecule has 11 heteroatoms. The van der Waals surface area contributed by atoms with Gasteiger partial charge in [-0.3, -0.25) is 19.1 Å². The Morgan fingerprint density at radius 3 is 2.76 bits per heavy atom. The second-order valence-corrected chi connectivity index (χ2v) is 9.08. The molecule has 3 heterocycles. The number of aromatic nitrogens is 4. The van der Waals surface area contributed by atoms with E-state index in [0.29, 0.717) is 11.4 Å². The number of fused-ring (bicyclic) bond motifs is 1. The molecule has 1 aliphatic heterocycles. The molecule has 0 radical (unpaired) electrons. The zero-order valence-electron chi connectivity index (χ0n) is 19.4. The van der Waals surface area contributed by atoms with E-state index in [0.717, 1.165) is 11.0 Å². The molecule has 34 heavy (non-hydrogen) atoms. The molecule has 0 aliphatic carbocycles. The largest absolute Gasteiger partial charge is 0.391 e. The number of benzene rings is 1. The lowest BCUT2D eigenvalue weighted by molar-refractivity contribution is -0.138. The predicted octanol–water partition coefficient (Wildman–Crippen LogP) is -0.166. The topological polar surface area (TPSA) is 143 Å². The van der Waals surface area contributed by atoms with Crippen LogP contribution in [0.2, 0.25) is 0 Å². The van der Waals surface area contributed by atoms with E-state index in [1.165, 1.54) is 22.6 Å². The number of imidazole rings is 1. The molecule has 182 valence electrons. The van der Waals surface area contributed by atoms with E-state index in [9.17, 15) is 24.6 Å². The first-order valence-electron chi connectivity index (χ1n) is 11.0. The predicted molar refractivity (Wildman–Crippen MR) is 123 cm³/mol. The number of carbonyl (C=O) groups excluding carboxylic acids is 1. The second-order valence-electron chi connectivity index (χ2n) is 9.08. The van der Waals surface area contributed by atoms with E-state index in [1.807, 2.05) is 35.9 Å². The molecule has 1 saturated heterocycles. The summed E-state index contributed by atoms with van der Waals surface area (Å²) in [6, 6.07) is 6.78. The van der Waals surface area contributed by atoms with E-state index in [2.05, 4.69) is 9.97 Å². The van der Waals surface area contributed by atoms with Crippen LogP contribution in [0.15, 0.2) is 40.1 Å². The summed E-state index contributed by atoms with van der Waals surface area (Å²) in [5.74, 6) is 0.274. The van der Waals surface area contributed by atoms with Crippen LogP contribution in [-0.2, 0) is 23.2 Å². The van der Waals surface area contributed by atoms with Crippen LogP contribution < -0.4 is 11.2 Å². The van der Waals surface area contributed by atoms with Crippen molar-refractivity contribution in [3.05, 3.63) is 62.7 Å². The molecule has 1 aliphatic rings. The highest BCUT2D eigenvalue weighted by Gasteiger charge is 2.41. The average molecular weight is 472 g/mol. The molecule has 3 atom stereocenters. The van der Waals surface area contributed by atoms with E-state index < -0.39 is 34.9 Å². The number of β-amino-alcohol motifs (C(OH)–C–C–N with tert-alkyl or cyclic N) is 1. The Morgan fingerprint density at radius 2 is 2.03 bits per heavy atom. The van der Waals surface area contributed by atoms with Gasteiger partial charge in [0.05, 0.1) is 28.8 Å². The summed E-state index contributed by atoms with van der Waals surface area (Å²) in [4.78, 5) is 45.4. The van der Waals surface area contributed by atoms with Crippen LogP contribution in [0.3, 0.4) is 0 Å². The van der Waals surface area contributed by atoms with Crippen molar-refractivity contribution in [1.29, 1.82) is 0 Å². The molecule has 3 aromatic rings. The highest BCUT2D eigenvalue weighted by molar-refractivity contribution is 5.78. The number of para-hydroxylation sites is 2. The number of H-pyrrole nitrogens is 1. The van der Waals surface area contributed by atoms with Gasteiger partial charge in [0, 0.05) is 38.3 Å². The van der Waals surface area contributed by atoms with Crippen molar-refractivity contribution >= 4 is 16.9 Å². The van der Waals surface area contributed by atoms with Gasteiger partial charge in [-0.15, -0.1) is 0 Å². The average Bonchev–Trinajstić information content (AvgIpc) is 3.02. The van der Waals surface area contributed by atoms with E-state index in [1.54, 1.807) is 6.92 Å². The van der Waals surface area contributed by atoms with Gasteiger partial charge in [-0.25, -0.2) is 9.78 Å². The maximum atomic E-state index is 13.0. The highest BCUT2D eigenvalue weighted by Crippen LogP contribution is 2.31. The lowest BCUT2D eigenvalue weighted by atomic mass is 9.91. The molecular formula is C23H29N5O6. The minimum Gasteiger partial charge on any atom is -0.391 e. The number of hydrogen-bond donors (Lipinski definition) is 3. The molecule has 1 aromatic carbocycles. The fraction of sp³-hybridized carbons (Fsp3) is 0.478. The smallest absolute Gasteiger partial charge is 0.328 e. The maximum Gasteiger partial charge on any atom is 0.328 e. The number of nitrogens with zero attached hydrogens (tertiary/aromatic N) is 4. The van der Waals surface area contributed by atoms with Crippen molar-refractivity contribution < 1.29 is 19.7 Å². The van der Waals surface area contributed by atoms with E-state index in [4.69, 9.17) is 4.74 Å². The molecule has 2 aromatic heterocycles. The van der Waals surface area contributed by atoms with Gasteiger partial charge in [-0.2, -0.15) is 0 Å². The van der Waals surface area contributed by atoms with Gasteiger partial charge in [0.15, 0.2) is 0 Å². The van der Waals surface area contributed by atoms with Crippen LogP contribution in [0.1, 0.15) is 30.8 Å². The maximum absolute atomic E-state index is 13.0. The molecule has 0 unspecified atom stereocenters. The number of ether oxygens (including phenoxy) is 1. The first kappa shape index (κ1) is 23.9. The molecule has 3 N–H and O–H groups in total. The number of rotatable bonds is 5. The number of likely N-dealkylation sites (tertiary alicyclic amines) is 1. The summed E-state index contributed by atoms with van der Waals surface area (Å²) in [6.45, 7) is 2.86. The molecule has 11 nitrogen and oxygen atoms in total. The number of aromatic amines is 1. The van der Waals surface area contributed by atoms with Gasteiger partial charge in [-0.1, -0.05) is 12.1 Å². The fourth-order valence-electron chi connectivity index (χ4n) is 4.47. The number of aryl methyl sites for hydroxylation is 2. The Kier molecular flexibility index (Phi) is 6.43. The lowest BCUT2D eigenvalue weighted by Gasteiger charge is -2.34. The zero-order chi connectivity index (χ0) is 24.6. The van der Waals surface area contributed by atoms with Crippen molar-refractivity contribution in [3.63, 3.8) is 0 Å². The summed E-state index contributed by atoms with van der Waals surface area (Å²) in [5, 5.41) is 21.5. The standard InChI is InChI=1S/C23H29N5O6/c1-14-9-28(22(32)25-21(14)31)18-11-27(10-15(29)8-23(18,2)33)20(30)13-34-12-19-24-16-6-4-5-7-17(16)26(19)3/h4-7,9,15,18,29,33H,8,10-13H2,1-3H3,(H,25,31,32)/t15-,18+,23+/m1/s1. The fourth-order valence-corrected chi connectivity index (χ4v) is 4.47. The van der Waals surface area contributed by atoms with Gasteiger partial charge in [0.25, 0.3) is 5.56 Å². The van der Waals surface area contributed by atoms with E-state index in [-0.39, 0.29) is 32.7 Å². The third kappa shape index (κ3) is 4.67. The zero-order valence-corrected chi connectivity index (χ0v) is 19.4. The Hall–Kier alpha value is -3.28. The normalized spacial score (nSPS) is 23.3. The van der Waals surface area contributed by atoms with Crippen molar-refractivity contribution in [2.24, 2.45) is 7.05 Å². The third-order valence-electron chi connectivity index (χ3n) is 6.36. The second kappa shape index (κ2) is 9.16. The number of nitrogens with one attached hydrogen (secondary N) is 1. The van der Waals surface area contributed by atoms with Crippen molar-refractivity contribution in [1.82, 2.24) is 24.0 Å². The third-order valence-corrected chi connectivity index (χ3v) is 6.36. The summed E-state index contributed by atoms with van der Waals surface area (Å²) < 4.78 is 8.75. The van der Waals surface area contributed by atoms with Gasteiger partial charge >= 0.3 is 5.69 Å². The first-order chi connectivity index (χ1) is 16.1. The Labute approximate surface area is 195 Å². The number of carbonyl (C=O) groups is 1. The van der Waals surface area contributed by atoms with Crippen LogP contribution in [0, 0.1) is 6.92 Å².